The number of rotatable bonds is 5. The number of anilines is 1. The van der Waals surface area contributed by atoms with E-state index in [-0.39, 0.29) is 17.9 Å². The van der Waals surface area contributed by atoms with Crippen molar-refractivity contribution in [1.29, 1.82) is 0 Å². The molecule has 0 aliphatic rings. The second-order valence-corrected chi connectivity index (χ2v) is 5.02. The molecule has 0 bridgehead atoms. The Balaban J connectivity index is 2.12. The van der Waals surface area contributed by atoms with Gasteiger partial charge in [0, 0.05) is 12.5 Å². The lowest BCUT2D eigenvalue weighted by Crippen LogP contribution is -2.31. The van der Waals surface area contributed by atoms with E-state index in [9.17, 15) is 4.79 Å². The number of hydrogen-bond donors (Lipinski definition) is 2. The van der Waals surface area contributed by atoms with Crippen LogP contribution < -0.4 is 11.1 Å². The molecule has 0 aliphatic heterocycles. The maximum Gasteiger partial charge on any atom is 0.226 e. The third-order valence-corrected chi connectivity index (χ3v) is 3.12. The van der Waals surface area contributed by atoms with Crippen LogP contribution in [0.5, 0.6) is 0 Å². The summed E-state index contributed by atoms with van der Waals surface area (Å²) in [5, 5.41) is 6.95. The standard InChI is InChI=1S/C14H19N5O/c1-10(2)11(15)7-14(20)18-12-5-3-4-6-13(12)19-9-16-8-17-19/h3-6,8-11H,7,15H2,1-2H3,(H,18,20). The van der Waals surface area contributed by atoms with Crippen molar-refractivity contribution >= 4 is 11.6 Å². The summed E-state index contributed by atoms with van der Waals surface area (Å²) in [4.78, 5) is 15.9. The molecule has 3 N–H and O–H groups in total. The van der Waals surface area contributed by atoms with Crippen molar-refractivity contribution in [3.05, 3.63) is 36.9 Å². The molecular weight excluding hydrogens is 254 g/mol. The molecule has 0 radical (unpaired) electrons. The van der Waals surface area contributed by atoms with E-state index in [1.165, 1.54) is 6.33 Å². The van der Waals surface area contributed by atoms with Gasteiger partial charge in [0.2, 0.25) is 5.91 Å². The first-order valence-corrected chi connectivity index (χ1v) is 6.57. The predicted octanol–water partition coefficient (Wildman–Crippen LogP) is 1.58. The van der Waals surface area contributed by atoms with Crippen LogP contribution in [-0.4, -0.2) is 26.7 Å². The highest BCUT2D eigenvalue weighted by Crippen LogP contribution is 2.19. The summed E-state index contributed by atoms with van der Waals surface area (Å²) >= 11 is 0. The van der Waals surface area contributed by atoms with E-state index in [0.717, 1.165) is 5.69 Å². The topological polar surface area (TPSA) is 85.8 Å². The number of nitrogens with one attached hydrogen (secondary N) is 1. The fraction of sp³-hybridized carbons (Fsp3) is 0.357. The van der Waals surface area contributed by atoms with E-state index in [2.05, 4.69) is 15.4 Å². The van der Waals surface area contributed by atoms with Gasteiger partial charge in [0.15, 0.2) is 0 Å². The second-order valence-electron chi connectivity index (χ2n) is 5.02. The van der Waals surface area contributed by atoms with Gasteiger partial charge in [-0.3, -0.25) is 4.79 Å². The molecule has 0 saturated heterocycles. The molecule has 0 saturated carbocycles. The third-order valence-electron chi connectivity index (χ3n) is 3.12. The highest BCUT2D eigenvalue weighted by molar-refractivity contribution is 5.93. The van der Waals surface area contributed by atoms with E-state index in [4.69, 9.17) is 5.73 Å². The molecule has 0 fully saturated rings. The Kier molecular flexibility index (Phi) is 4.47. The van der Waals surface area contributed by atoms with Gasteiger partial charge in [0.25, 0.3) is 0 Å². The van der Waals surface area contributed by atoms with Crippen molar-refractivity contribution in [3.63, 3.8) is 0 Å². The predicted molar refractivity (Wildman–Crippen MR) is 77.4 cm³/mol. The fourth-order valence-corrected chi connectivity index (χ4v) is 1.76. The molecule has 6 heteroatoms. The number of amides is 1. The maximum absolute atomic E-state index is 12.0. The van der Waals surface area contributed by atoms with E-state index >= 15 is 0 Å². The normalized spacial score (nSPS) is 12.4. The van der Waals surface area contributed by atoms with Gasteiger partial charge < -0.3 is 11.1 Å². The van der Waals surface area contributed by atoms with Crippen molar-refractivity contribution in [2.75, 3.05) is 5.32 Å². The lowest BCUT2D eigenvalue weighted by atomic mass is 10.0. The van der Waals surface area contributed by atoms with Gasteiger partial charge in [-0.1, -0.05) is 26.0 Å². The molecule has 0 spiro atoms. The van der Waals surface area contributed by atoms with Crippen LogP contribution in [-0.2, 0) is 4.79 Å². The summed E-state index contributed by atoms with van der Waals surface area (Å²) < 4.78 is 1.61. The summed E-state index contributed by atoms with van der Waals surface area (Å²) in [6.07, 6.45) is 3.33. The zero-order chi connectivity index (χ0) is 14.5. The third kappa shape index (κ3) is 3.42. The zero-order valence-corrected chi connectivity index (χ0v) is 11.7. The van der Waals surface area contributed by atoms with Gasteiger partial charge in [-0.05, 0) is 18.1 Å². The average molecular weight is 273 g/mol. The van der Waals surface area contributed by atoms with Crippen molar-refractivity contribution in [2.24, 2.45) is 11.7 Å². The summed E-state index contributed by atoms with van der Waals surface area (Å²) in [5.41, 5.74) is 7.38. The largest absolute Gasteiger partial charge is 0.327 e. The smallest absolute Gasteiger partial charge is 0.226 e. The van der Waals surface area contributed by atoms with Crippen LogP contribution in [0.4, 0.5) is 5.69 Å². The molecule has 2 aromatic rings. The summed E-state index contributed by atoms with van der Waals surface area (Å²) in [6.45, 7) is 4.00. The Morgan fingerprint density at radius 2 is 2.15 bits per heavy atom. The van der Waals surface area contributed by atoms with Gasteiger partial charge in [-0.2, -0.15) is 5.10 Å². The van der Waals surface area contributed by atoms with E-state index < -0.39 is 0 Å². The minimum atomic E-state index is -0.145. The fourth-order valence-electron chi connectivity index (χ4n) is 1.76. The zero-order valence-electron chi connectivity index (χ0n) is 11.7. The first-order valence-electron chi connectivity index (χ1n) is 6.57. The minimum Gasteiger partial charge on any atom is -0.327 e. The minimum absolute atomic E-state index is 0.0984. The molecular formula is C14H19N5O. The first-order chi connectivity index (χ1) is 9.58. The molecule has 0 aliphatic carbocycles. The Morgan fingerprint density at radius 3 is 2.80 bits per heavy atom. The van der Waals surface area contributed by atoms with Gasteiger partial charge in [0.1, 0.15) is 12.7 Å². The Labute approximate surface area is 118 Å². The molecule has 6 nitrogen and oxygen atoms in total. The van der Waals surface area contributed by atoms with Crippen LogP contribution in [0, 0.1) is 5.92 Å². The van der Waals surface area contributed by atoms with E-state index in [0.29, 0.717) is 12.1 Å². The molecule has 2 rings (SSSR count). The first kappa shape index (κ1) is 14.2. The molecule has 1 heterocycles. The Hall–Kier alpha value is -2.21. The summed E-state index contributed by atoms with van der Waals surface area (Å²) in [6, 6.07) is 7.29. The molecule has 1 aromatic heterocycles. The lowest BCUT2D eigenvalue weighted by Gasteiger charge is -2.16. The van der Waals surface area contributed by atoms with Gasteiger partial charge in [-0.15, -0.1) is 0 Å². The number of benzene rings is 1. The van der Waals surface area contributed by atoms with Crippen molar-refractivity contribution in [3.8, 4) is 5.69 Å². The highest BCUT2D eigenvalue weighted by atomic mass is 16.1. The van der Waals surface area contributed by atoms with Crippen LogP contribution >= 0.6 is 0 Å². The van der Waals surface area contributed by atoms with Gasteiger partial charge in [0.05, 0.1) is 11.4 Å². The quantitative estimate of drug-likeness (QED) is 0.866. The molecule has 20 heavy (non-hydrogen) atoms. The van der Waals surface area contributed by atoms with Crippen LogP contribution in [0.1, 0.15) is 20.3 Å². The van der Waals surface area contributed by atoms with Crippen molar-refractivity contribution in [2.45, 2.75) is 26.3 Å². The molecule has 1 unspecified atom stereocenters. The number of carbonyl (C=O) groups excluding carboxylic acids is 1. The SMILES string of the molecule is CC(C)C(N)CC(=O)Nc1ccccc1-n1cncn1. The monoisotopic (exact) mass is 273 g/mol. The Morgan fingerprint density at radius 1 is 1.40 bits per heavy atom. The number of nitrogens with zero attached hydrogens (tertiary/aromatic N) is 3. The number of aromatic nitrogens is 3. The molecule has 1 amide bonds. The Bertz CT molecular complexity index is 565. The molecule has 106 valence electrons. The van der Waals surface area contributed by atoms with Crippen LogP contribution in [0.2, 0.25) is 0 Å². The number of nitrogens with two attached hydrogens (primary N) is 1. The maximum atomic E-state index is 12.0. The van der Waals surface area contributed by atoms with E-state index in [1.807, 2.05) is 38.1 Å². The van der Waals surface area contributed by atoms with Crippen LogP contribution in [0.25, 0.3) is 5.69 Å². The van der Waals surface area contributed by atoms with Gasteiger partial charge in [-0.25, -0.2) is 9.67 Å². The number of carbonyl (C=O) groups is 1. The van der Waals surface area contributed by atoms with Crippen molar-refractivity contribution in [1.82, 2.24) is 14.8 Å². The summed E-state index contributed by atoms with van der Waals surface area (Å²) in [7, 11) is 0. The highest BCUT2D eigenvalue weighted by Gasteiger charge is 2.14. The molecule has 1 aromatic carbocycles. The van der Waals surface area contributed by atoms with Crippen molar-refractivity contribution < 1.29 is 4.79 Å². The molecule has 1 atom stereocenters. The summed E-state index contributed by atoms with van der Waals surface area (Å²) in [5.74, 6) is 0.171. The number of para-hydroxylation sites is 2. The number of hydrogen-bond acceptors (Lipinski definition) is 4. The van der Waals surface area contributed by atoms with Gasteiger partial charge >= 0.3 is 0 Å². The average Bonchev–Trinajstić information content (AvgIpc) is 2.92. The van der Waals surface area contributed by atoms with E-state index in [1.54, 1.807) is 11.0 Å². The second kappa shape index (κ2) is 6.29. The lowest BCUT2D eigenvalue weighted by molar-refractivity contribution is -0.116. The van der Waals surface area contributed by atoms with Crippen LogP contribution in [0.15, 0.2) is 36.9 Å². The van der Waals surface area contributed by atoms with Crippen LogP contribution in [0.3, 0.4) is 0 Å².